The van der Waals surface area contributed by atoms with Gasteiger partial charge in [0.1, 0.15) is 11.7 Å². The number of nitroso groups, excluding NO2 is 1. The maximum absolute atomic E-state index is 11.7. The van der Waals surface area contributed by atoms with E-state index in [2.05, 4.69) is 20.5 Å². The van der Waals surface area contributed by atoms with Crippen LogP contribution in [-0.4, -0.2) is 39.4 Å². The Morgan fingerprint density at radius 1 is 1.67 bits per heavy atom. The maximum Gasteiger partial charge on any atom is 0.269 e. The molecule has 0 aliphatic heterocycles. The summed E-state index contributed by atoms with van der Waals surface area (Å²) in [6.45, 7) is 3.23. The molecule has 1 amide bonds. The third kappa shape index (κ3) is 4.79. The monoisotopic (exact) mass is 295 g/mol. The molecule has 21 heavy (non-hydrogen) atoms. The van der Waals surface area contributed by atoms with E-state index in [1.807, 2.05) is 0 Å². The van der Waals surface area contributed by atoms with Gasteiger partial charge in [0.2, 0.25) is 6.04 Å². The zero-order chi connectivity index (χ0) is 15.8. The normalized spacial score (nSPS) is 14.3. The third-order valence-corrected chi connectivity index (χ3v) is 2.97. The predicted molar refractivity (Wildman–Crippen MR) is 75.3 cm³/mol. The van der Waals surface area contributed by atoms with E-state index in [0.29, 0.717) is 12.0 Å². The van der Waals surface area contributed by atoms with Gasteiger partial charge < -0.3 is 10.3 Å². The van der Waals surface area contributed by atoms with Crippen molar-refractivity contribution in [1.82, 2.24) is 15.3 Å². The van der Waals surface area contributed by atoms with E-state index >= 15 is 0 Å². The maximum atomic E-state index is 11.7. The Balaban J connectivity index is 2.64. The second-order valence-electron chi connectivity index (χ2n) is 4.47. The molecule has 2 unspecified atom stereocenters. The molecule has 0 fully saturated rings. The van der Waals surface area contributed by atoms with Crippen molar-refractivity contribution >= 4 is 5.91 Å². The van der Waals surface area contributed by atoms with Gasteiger partial charge in [-0.3, -0.25) is 14.9 Å². The lowest BCUT2D eigenvalue weighted by molar-refractivity contribution is -0.512. The lowest BCUT2D eigenvalue weighted by Crippen LogP contribution is -2.31. The Hall–Kier alpha value is -2.58. The number of aromatic amines is 1. The first kappa shape index (κ1) is 16.5. The molecule has 0 saturated heterocycles. The van der Waals surface area contributed by atoms with Gasteiger partial charge >= 0.3 is 0 Å². The minimum Gasteiger partial charge on any atom is -0.348 e. The fourth-order valence-electron chi connectivity index (χ4n) is 1.85. The largest absolute Gasteiger partial charge is 0.348 e. The fraction of sp³-hybridized carbons (Fsp3) is 0.500. The highest BCUT2D eigenvalue weighted by Crippen LogP contribution is 2.11. The summed E-state index contributed by atoms with van der Waals surface area (Å²) in [5, 5.41) is 16.2. The SMILES string of the molecule is CCC(C(C)=CC(CNC(=O)c1cnc[nH]1)N=O)[N+](=O)[O-]. The van der Waals surface area contributed by atoms with Gasteiger partial charge in [-0.1, -0.05) is 12.1 Å². The molecule has 2 N–H and O–H groups in total. The molecule has 0 radical (unpaired) electrons. The molecule has 114 valence electrons. The predicted octanol–water partition coefficient (Wildman–Crippen LogP) is 1.28. The van der Waals surface area contributed by atoms with Crippen LogP contribution in [-0.2, 0) is 0 Å². The highest BCUT2D eigenvalue weighted by atomic mass is 16.6. The third-order valence-electron chi connectivity index (χ3n) is 2.97. The molecule has 1 aromatic rings. The molecule has 0 saturated carbocycles. The highest BCUT2D eigenvalue weighted by molar-refractivity contribution is 5.91. The Kier molecular flexibility index (Phi) is 6.18. The van der Waals surface area contributed by atoms with Crippen LogP contribution in [0.4, 0.5) is 0 Å². The van der Waals surface area contributed by atoms with Crippen molar-refractivity contribution in [2.24, 2.45) is 5.18 Å². The van der Waals surface area contributed by atoms with Crippen LogP contribution in [0.1, 0.15) is 30.8 Å². The number of amides is 1. The van der Waals surface area contributed by atoms with Crippen molar-refractivity contribution < 1.29 is 9.72 Å². The highest BCUT2D eigenvalue weighted by Gasteiger charge is 2.21. The van der Waals surface area contributed by atoms with Crippen LogP contribution in [0.5, 0.6) is 0 Å². The van der Waals surface area contributed by atoms with Crippen molar-refractivity contribution in [3.63, 3.8) is 0 Å². The standard InChI is InChI=1S/C12H17N5O4/c1-3-11(17(20)21)8(2)4-9(16-19)5-14-12(18)10-6-13-7-15-10/h4,6-7,9,11H,3,5H2,1-2H3,(H,13,15)(H,14,18). The van der Waals surface area contributed by atoms with Gasteiger partial charge in [0.05, 0.1) is 12.5 Å². The lowest BCUT2D eigenvalue weighted by atomic mass is 10.0. The zero-order valence-corrected chi connectivity index (χ0v) is 11.8. The molecular weight excluding hydrogens is 278 g/mol. The van der Waals surface area contributed by atoms with E-state index < -0.39 is 22.9 Å². The van der Waals surface area contributed by atoms with Crippen molar-refractivity contribution in [2.75, 3.05) is 6.54 Å². The molecule has 0 spiro atoms. The van der Waals surface area contributed by atoms with Crippen molar-refractivity contribution in [2.45, 2.75) is 32.4 Å². The summed E-state index contributed by atoms with van der Waals surface area (Å²) in [5.41, 5.74) is 0.708. The molecule has 1 rings (SSSR count). The molecule has 0 aliphatic rings. The van der Waals surface area contributed by atoms with E-state index in [1.165, 1.54) is 18.6 Å². The van der Waals surface area contributed by atoms with Crippen LogP contribution in [0.25, 0.3) is 0 Å². The van der Waals surface area contributed by atoms with Crippen molar-refractivity contribution in [3.8, 4) is 0 Å². The summed E-state index contributed by atoms with van der Waals surface area (Å²) in [4.78, 5) is 39.2. The van der Waals surface area contributed by atoms with Crippen LogP contribution in [0, 0.1) is 15.0 Å². The first-order valence-electron chi connectivity index (χ1n) is 6.40. The Morgan fingerprint density at radius 3 is 2.86 bits per heavy atom. The first-order valence-corrected chi connectivity index (χ1v) is 6.40. The number of nitro groups is 1. The van der Waals surface area contributed by atoms with Crippen molar-refractivity contribution in [3.05, 3.63) is 44.9 Å². The Labute approximate surface area is 121 Å². The molecule has 1 aromatic heterocycles. The Morgan fingerprint density at radius 2 is 2.38 bits per heavy atom. The van der Waals surface area contributed by atoms with Gasteiger partial charge in [0, 0.05) is 17.9 Å². The van der Waals surface area contributed by atoms with Crippen LogP contribution in [0.3, 0.4) is 0 Å². The van der Waals surface area contributed by atoms with Gasteiger partial charge in [0.25, 0.3) is 5.91 Å². The molecular formula is C12H17N5O4. The van der Waals surface area contributed by atoms with Gasteiger partial charge in [-0.2, -0.15) is 4.91 Å². The Bertz CT molecular complexity index is 526. The first-order chi connectivity index (χ1) is 9.99. The lowest BCUT2D eigenvalue weighted by Gasteiger charge is -2.10. The summed E-state index contributed by atoms with van der Waals surface area (Å²) >= 11 is 0. The zero-order valence-electron chi connectivity index (χ0n) is 11.8. The average Bonchev–Trinajstić information content (AvgIpc) is 2.97. The second-order valence-corrected chi connectivity index (χ2v) is 4.47. The number of carbonyl (C=O) groups excluding carboxylic acids is 1. The number of aromatic nitrogens is 2. The second kappa shape index (κ2) is 7.88. The summed E-state index contributed by atoms with van der Waals surface area (Å²) in [7, 11) is 0. The summed E-state index contributed by atoms with van der Waals surface area (Å²) in [6, 6.07) is -1.71. The molecule has 9 nitrogen and oxygen atoms in total. The molecule has 2 atom stereocenters. The van der Waals surface area contributed by atoms with Crippen LogP contribution < -0.4 is 5.32 Å². The van der Waals surface area contributed by atoms with Crippen molar-refractivity contribution in [1.29, 1.82) is 0 Å². The number of H-pyrrole nitrogens is 1. The molecule has 9 heteroatoms. The van der Waals surface area contributed by atoms with Gasteiger partial charge in [0.15, 0.2) is 0 Å². The smallest absolute Gasteiger partial charge is 0.269 e. The van der Waals surface area contributed by atoms with E-state index in [-0.39, 0.29) is 12.2 Å². The number of carbonyl (C=O) groups is 1. The quantitative estimate of drug-likeness (QED) is 0.323. The van der Waals surface area contributed by atoms with E-state index in [4.69, 9.17) is 0 Å². The van der Waals surface area contributed by atoms with E-state index in [0.717, 1.165) is 0 Å². The van der Waals surface area contributed by atoms with E-state index in [9.17, 15) is 19.8 Å². The minimum atomic E-state index is -0.856. The molecule has 0 aromatic carbocycles. The number of nitrogens with zero attached hydrogens (tertiary/aromatic N) is 3. The van der Waals surface area contributed by atoms with Gasteiger partial charge in [-0.25, -0.2) is 4.98 Å². The molecule has 0 aliphatic carbocycles. The number of nitrogens with one attached hydrogen (secondary N) is 2. The molecule has 1 heterocycles. The van der Waals surface area contributed by atoms with Crippen LogP contribution >= 0.6 is 0 Å². The topological polar surface area (TPSA) is 130 Å². The van der Waals surface area contributed by atoms with Crippen LogP contribution in [0.15, 0.2) is 29.4 Å². The van der Waals surface area contributed by atoms with E-state index in [1.54, 1.807) is 13.8 Å². The number of imidazole rings is 1. The summed E-state index contributed by atoms with van der Waals surface area (Å²) in [6.07, 6.45) is 4.44. The van der Waals surface area contributed by atoms with Gasteiger partial charge in [-0.15, -0.1) is 0 Å². The number of rotatable bonds is 8. The number of hydrogen-bond donors (Lipinski definition) is 2. The van der Waals surface area contributed by atoms with Gasteiger partial charge in [-0.05, 0) is 18.6 Å². The molecule has 0 bridgehead atoms. The average molecular weight is 295 g/mol. The summed E-state index contributed by atoms with van der Waals surface area (Å²) < 4.78 is 0. The fourth-order valence-corrected chi connectivity index (χ4v) is 1.85. The number of hydrogen-bond acceptors (Lipinski definition) is 6. The minimum absolute atomic E-state index is 0.0349. The summed E-state index contributed by atoms with van der Waals surface area (Å²) in [5.74, 6) is -0.423. The van der Waals surface area contributed by atoms with Crippen LogP contribution in [0.2, 0.25) is 0 Å².